The molecular formula is C22H17F3N2O4S. The first-order chi connectivity index (χ1) is 15.1. The molecule has 0 heterocycles. The average molecular weight is 462 g/mol. The smallest absolute Gasteiger partial charge is 0.378 e. The van der Waals surface area contributed by atoms with E-state index >= 15 is 0 Å². The maximum atomic E-state index is 12.7. The highest BCUT2D eigenvalue weighted by Gasteiger charge is 2.31. The summed E-state index contributed by atoms with van der Waals surface area (Å²) in [6.45, 7) is 0. The van der Waals surface area contributed by atoms with E-state index in [1.807, 2.05) is 6.07 Å². The van der Waals surface area contributed by atoms with E-state index in [1.165, 1.54) is 24.4 Å². The van der Waals surface area contributed by atoms with E-state index in [1.54, 1.807) is 30.3 Å². The van der Waals surface area contributed by atoms with E-state index < -0.39 is 26.8 Å². The van der Waals surface area contributed by atoms with Gasteiger partial charge in [0.1, 0.15) is 4.90 Å². The molecule has 1 amide bonds. The van der Waals surface area contributed by atoms with Gasteiger partial charge in [-0.05, 0) is 42.0 Å². The summed E-state index contributed by atoms with van der Waals surface area (Å²) in [5, 5.41) is 3.82. The van der Waals surface area contributed by atoms with Gasteiger partial charge in [0, 0.05) is 5.56 Å². The van der Waals surface area contributed by atoms with E-state index in [0.717, 1.165) is 17.7 Å². The Kier molecular flexibility index (Phi) is 6.94. The van der Waals surface area contributed by atoms with E-state index in [2.05, 4.69) is 10.5 Å². The van der Waals surface area contributed by atoms with Gasteiger partial charge in [-0.25, -0.2) is 5.43 Å². The molecule has 3 aromatic carbocycles. The number of hydrogen-bond acceptors (Lipinski definition) is 5. The average Bonchev–Trinajstić information content (AvgIpc) is 2.75. The molecule has 166 valence electrons. The first-order valence-electron chi connectivity index (χ1n) is 9.22. The largest absolute Gasteiger partial charge is 0.416 e. The summed E-state index contributed by atoms with van der Waals surface area (Å²) < 4.78 is 68.1. The number of halogens is 3. The zero-order valence-corrected chi connectivity index (χ0v) is 17.2. The lowest BCUT2D eigenvalue weighted by molar-refractivity contribution is -0.137. The summed E-state index contributed by atoms with van der Waals surface area (Å²) in [5.41, 5.74) is 2.40. The third kappa shape index (κ3) is 6.17. The van der Waals surface area contributed by atoms with Gasteiger partial charge in [-0.2, -0.15) is 26.7 Å². The molecule has 0 aromatic heterocycles. The Morgan fingerprint density at radius 2 is 1.56 bits per heavy atom. The highest BCUT2D eigenvalue weighted by atomic mass is 32.2. The molecule has 0 unspecified atom stereocenters. The van der Waals surface area contributed by atoms with Crippen molar-refractivity contribution in [1.29, 1.82) is 0 Å². The lowest BCUT2D eigenvalue weighted by Crippen LogP contribution is -2.19. The van der Waals surface area contributed by atoms with E-state index in [-0.39, 0.29) is 23.6 Å². The molecule has 0 atom stereocenters. The fourth-order valence-corrected chi connectivity index (χ4v) is 3.59. The first kappa shape index (κ1) is 23.0. The predicted molar refractivity (Wildman–Crippen MR) is 112 cm³/mol. The van der Waals surface area contributed by atoms with Gasteiger partial charge in [0.25, 0.3) is 0 Å². The van der Waals surface area contributed by atoms with Crippen LogP contribution in [0.2, 0.25) is 0 Å². The second-order valence-corrected chi connectivity index (χ2v) is 8.10. The number of carbonyl (C=O) groups is 1. The summed E-state index contributed by atoms with van der Waals surface area (Å²) in [5.74, 6) is -0.475. The molecule has 32 heavy (non-hydrogen) atoms. The Bertz CT molecular complexity index is 1210. The molecule has 0 fully saturated rings. The van der Waals surface area contributed by atoms with Crippen molar-refractivity contribution >= 4 is 22.2 Å². The number of alkyl halides is 3. The Balaban J connectivity index is 1.70. The maximum Gasteiger partial charge on any atom is 0.416 e. The monoisotopic (exact) mass is 462 g/mol. The standard InChI is InChI=1S/C22H17F3N2O4S/c23-22(24,25)18-10-12-19(13-11-18)32(29,30)31-20-9-5-4-8-17(20)15-26-27-21(28)14-16-6-2-1-3-7-16/h1-13,15H,14H2,(H,27,28). The highest BCUT2D eigenvalue weighted by molar-refractivity contribution is 7.87. The van der Waals surface area contributed by atoms with Crippen molar-refractivity contribution in [3.05, 3.63) is 95.6 Å². The number of benzene rings is 3. The van der Waals surface area contributed by atoms with E-state index in [0.29, 0.717) is 12.1 Å². The predicted octanol–water partition coefficient (Wildman–Crippen LogP) is 4.17. The Morgan fingerprint density at radius 1 is 0.938 bits per heavy atom. The van der Waals surface area contributed by atoms with Crippen LogP contribution < -0.4 is 9.61 Å². The van der Waals surface area contributed by atoms with Crippen molar-refractivity contribution in [3.63, 3.8) is 0 Å². The van der Waals surface area contributed by atoms with Crippen molar-refractivity contribution < 1.29 is 30.6 Å². The third-order valence-electron chi connectivity index (χ3n) is 4.19. The van der Waals surface area contributed by atoms with E-state index in [9.17, 15) is 26.4 Å². The van der Waals surface area contributed by atoms with Gasteiger partial charge < -0.3 is 4.18 Å². The summed E-state index contributed by atoms with van der Waals surface area (Å²) >= 11 is 0. The van der Waals surface area contributed by atoms with Gasteiger partial charge in [0.15, 0.2) is 5.75 Å². The van der Waals surface area contributed by atoms with Crippen molar-refractivity contribution in [1.82, 2.24) is 5.43 Å². The van der Waals surface area contributed by atoms with Crippen molar-refractivity contribution in [2.24, 2.45) is 5.10 Å². The molecule has 10 heteroatoms. The van der Waals surface area contributed by atoms with E-state index in [4.69, 9.17) is 4.18 Å². The fraction of sp³-hybridized carbons (Fsp3) is 0.0909. The van der Waals surface area contributed by atoms with Gasteiger partial charge in [-0.15, -0.1) is 0 Å². The molecule has 6 nitrogen and oxygen atoms in total. The first-order valence-corrected chi connectivity index (χ1v) is 10.6. The molecule has 0 saturated carbocycles. The van der Waals surface area contributed by atoms with Crippen LogP contribution in [-0.2, 0) is 27.5 Å². The summed E-state index contributed by atoms with van der Waals surface area (Å²) in [4.78, 5) is 11.5. The Labute approximate surface area is 182 Å². The van der Waals surface area contributed by atoms with Crippen LogP contribution >= 0.6 is 0 Å². The minimum Gasteiger partial charge on any atom is -0.378 e. The molecule has 0 spiro atoms. The van der Waals surface area contributed by atoms with Crippen LogP contribution in [-0.4, -0.2) is 20.5 Å². The van der Waals surface area contributed by atoms with Crippen LogP contribution in [0.5, 0.6) is 5.75 Å². The van der Waals surface area contributed by atoms with Crippen molar-refractivity contribution in [3.8, 4) is 5.75 Å². The number of amides is 1. The fourth-order valence-electron chi connectivity index (χ4n) is 2.63. The minimum atomic E-state index is -4.59. The topological polar surface area (TPSA) is 84.8 Å². The molecule has 3 rings (SSSR count). The molecule has 0 saturated heterocycles. The Hall–Kier alpha value is -3.66. The van der Waals surface area contributed by atoms with Crippen LogP contribution in [0, 0.1) is 0 Å². The zero-order valence-electron chi connectivity index (χ0n) is 16.4. The highest BCUT2D eigenvalue weighted by Crippen LogP contribution is 2.30. The number of para-hydroxylation sites is 1. The summed E-state index contributed by atoms with van der Waals surface area (Å²) in [6, 6.07) is 17.9. The summed E-state index contributed by atoms with van der Waals surface area (Å²) in [7, 11) is -4.40. The third-order valence-corrected chi connectivity index (χ3v) is 5.44. The lowest BCUT2D eigenvalue weighted by Gasteiger charge is -2.11. The number of rotatable bonds is 7. The summed E-state index contributed by atoms with van der Waals surface area (Å²) in [6.07, 6.45) is -3.27. The number of hydrogen-bond donors (Lipinski definition) is 1. The van der Waals surface area contributed by atoms with Crippen LogP contribution in [0.1, 0.15) is 16.7 Å². The van der Waals surface area contributed by atoms with Gasteiger partial charge in [0.05, 0.1) is 18.2 Å². The van der Waals surface area contributed by atoms with Crippen LogP contribution in [0.4, 0.5) is 13.2 Å². The normalized spacial score (nSPS) is 12.0. The molecule has 0 aliphatic carbocycles. The van der Waals surface area contributed by atoms with Crippen LogP contribution in [0.3, 0.4) is 0 Å². The second kappa shape index (κ2) is 9.65. The van der Waals surface area contributed by atoms with Gasteiger partial charge in [0.2, 0.25) is 5.91 Å². The van der Waals surface area contributed by atoms with Gasteiger partial charge in [-0.3, -0.25) is 4.79 Å². The number of nitrogens with one attached hydrogen (secondary N) is 1. The Morgan fingerprint density at radius 3 is 2.22 bits per heavy atom. The number of carbonyl (C=O) groups excluding carboxylic acids is 1. The van der Waals surface area contributed by atoms with Gasteiger partial charge in [-0.1, -0.05) is 42.5 Å². The molecule has 0 bridgehead atoms. The molecule has 0 aliphatic rings. The van der Waals surface area contributed by atoms with Crippen LogP contribution in [0.15, 0.2) is 88.9 Å². The SMILES string of the molecule is O=C(Cc1ccccc1)NN=Cc1ccccc1OS(=O)(=O)c1ccc(C(F)(F)F)cc1. The zero-order chi connectivity index (χ0) is 23.2. The molecular weight excluding hydrogens is 445 g/mol. The molecule has 0 aliphatic heterocycles. The maximum absolute atomic E-state index is 12.7. The second-order valence-electron chi connectivity index (χ2n) is 6.55. The molecule has 3 aromatic rings. The van der Waals surface area contributed by atoms with Crippen LogP contribution in [0.25, 0.3) is 0 Å². The lowest BCUT2D eigenvalue weighted by atomic mass is 10.1. The van der Waals surface area contributed by atoms with Crippen molar-refractivity contribution in [2.45, 2.75) is 17.5 Å². The minimum absolute atomic E-state index is 0.103. The van der Waals surface area contributed by atoms with Crippen molar-refractivity contribution in [2.75, 3.05) is 0 Å². The molecule has 0 radical (unpaired) electrons. The quantitative estimate of drug-likeness (QED) is 0.325. The molecule has 1 N–H and O–H groups in total. The number of nitrogens with zero attached hydrogens (tertiary/aromatic N) is 1. The number of hydrazone groups is 1. The van der Waals surface area contributed by atoms with Gasteiger partial charge >= 0.3 is 16.3 Å².